The lowest BCUT2D eigenvalue weighted by molar-refractivity contribution is 0.419. The molecule has 17 heavy (non-hydrogen) atoms. The molecule has 1 saturated heterocycles. The van der Waals surface area contributed by atoms with E-state index in [1.165, 1.54) is 0 Å². The average Bonchev–Trinajstić information content (AvgIpc) is 2.31. The van der Waals surface area contributed by atoms with Crippen LogP contribution < -0.4 is 15.8 Å². The predicted octanol–water partition coefficient (Wildman–Crippen LogP) is 0.519. The van der Waals surface area contributed by atoms with E-state index in [1.54, 1.807) is 6.07 Å². The molecule has 0 aliphatic carbocycles. The van der Waals surface area contributed by atoms with Gasteiger partial charge in [0, 0.05) is 36.9 Å². The van der Waals surface area contributed by atoms with Crippen molar-refractivity contribution in [2.24, 2.45) is 0 Å². The third kappa shape index (κ3) is 2.66. The van der Waals surface area contributed by atoms with Crippen LogP contribution in [0.4, 0.5) is 5.95 Å². The molecule has 1 fully saturated rings. The Hall–Kier alpha value is -1.36. The molecule has 0 amide bonds. The Morgan fingerprint density at radius 2 is 2.29 bits per heavy atom. The standard InChI is InChI=1S/C12H20N4O/c1-4-10-5-11(17)15-12(14-10)16-7-8(2)13-6-9(16)3/h5,8-9,13H,4,6-7H2,1-3H3,(H,14,15,17). The number of hydrogen-bond acceptors (Lipinski definition) is 4. The van der Waals surface area contributed by atoms with Crippen LogP contribution in [0.15, 0.2) is 10.9 Å². The highest BCUT2D eigenvalue weighted by atomic mass is 16.1. The molecule has 2 N–H and O–H groups in total. The van der Waals surface area contributed by atoms with Gasteiger partial charge in [-0.25, -0.2) is 4.98 Å². The van der Waals surface area contributed by atoms with Gasteiger partial charge in [0.15, 0.2) is 0 Å². The molecular weight excluding hydrogens is 216 g/mol. The molecule has 0 aromatic carbocycles. The minimum absolute atomic E-state index is 0.0646. The molecular formula is C12H20N4O. The van der Waals surface area contributed by atoms with Crippen molar-refractivity contribution in [3.63, 3.8) is 0 Å². The highest BCUT2D eigenvalue weighted by Crippen LogP contribution is 2.14. The minimum Gasteiger partial charge on any atom is -0.337 e. The zero-order chi connectivity index (χ0) is 12.4. The molecule has 2 heterocycles. The first-order valence-electron chi connectivity index (χ1n) is 6.20. The third-order valence-corrected chi connectivity index (χ3v) is 3.18. The fraction of sp³-hybridized carbons (Fsp3) is 0.667. The summed E-state index contributed by atoms with van der Waals surface area (Å²) in [5.41, 5.74) is 0.785. The first-order chi connectivity index (χ1) is 8.10. The highest BCUT2D eigenvalue weighted by molar-refractivity contribution is 5.33. The summed E-state index contributed by atoms with van der Waals surface area (Å²) in [5, 5.41) is 3.41. The number of aromatic amines is 1. The van der Waals surface area contributed by atoms with Crippen molar-refractivity contribution in [3.05, 3.63) is 22.1 Å². The maximum absolute atomic E-state index is 11.6. The van der Waals surface area contributed by atoms with Crippen LogP contribution in [0, 0.1) is 0 Å². The molecule has 0 saturated carbocycles. The molecule has 94 valence electrons. The smallest absolute Gasteiger partial charge is 0.252 e. The highest BCUT2D eigenvalue weighted by Gasteiger charge is 2.24. The first kappa shape index (κ1) is 12.1. The molecule has 5 heteroatoms. The Kier molecular flexibility index (Phi) is 3.47. The minimum atomic E-state index is -0.0646. The van der Waals surface area contributed by atoms with Crippen molar-refractivity contribution in [1.29, 1.82) is 0 Å². The van der Waals surface area contributed by atoms with E-state index >= 15 is 0 Å². The number of rotatable bonds is 2. The van der Waals surface area contributed by atoms with Crippen LogP contribution >= 0.6 is 0 Å². The van der Waals surface area contributed by atoms with Crippen LogP contribution in [0.3, 0.4) is 0 Å². The van der Waals surface area contributed by atoms with Gasteiger partial charge in [-0.2, -0.15) is 0 Å². The first-order valence-corrected chi connectivity index (χ1v) is 6.20. The summed E-state index contributed by atoms with van der Waals surface area (Å²) in [7, 11) is 0. The lowest BCUT2D eigenvalue weighted by Gasteiger charge is -2.37. The number of piperazine rings is 1. The number of anilines is 1. The Morgan fingerprint density at radius 3 is 3.00 bits per heavy atom. The summed E-state index contributed by atoms with van der Waals surface area (Å²) in [6.45, 7) is 8.08. The summed E-state index contributed by atoms with van der Waals surface area (Å²) in [6.07, 6.45) is 0.785. The number of aryl methyl sites for hydroxylation is 1. The Morgan fingerprint density at radius 1 is 1.53 bits per heavy atom. The summed E-state index contributed by atoms with van der Waals surface area (Å²) >= 11 is 0. The van der Waals surface area contributed by atoms with Crippen LogP contribution in [-0.2, 0) is 6.42 Å². The van der Waals surface area contributed by atoms with E-state index < -0.39 is 0 Å². The van der Waals surface area contributed by atoms with Gasteiger partial charge in [0.25, 0.3) is 5.56 Å². The quantitative estimate of drug-likeness (QED) is 0.786. The van der Waals surface area contributed by atoms with Crippen molar-refractivity contribution >= 4 is 5.95 Å². The van der Waals surface area contributed by atoms with Gasteiger partial charge in [0.1, 0.15) is 0 Å². The maximum atomic E-state index is 11.6. The van der Waals surface area contributed by atoms with Gasteiger partial charge in [-0.3, -0.25) is 9.78 Å². The SMILES string of the molecule is CCc1cc(=O)[nH]c(N2CC(C)NCC2C)n1. The summed E-state index contributed by atoms with van der Waals surface area (Å²) < 4.78 is 0. The van der Waals surface area contributed by atoms with E-state index in [0.717, 1.165) is 25.2 Å². The lowest BCUT2D eigenvalue weighted by atomic mass is 10.1. The van der Waals surface area contributed by atoms with E-state index in [-0.39, 0.29) is 5.56 Å². The van der Waals surface area contributed by atoms with Crippen molar-refractivity contribution in [2.75, 3.05) is 18.0 Å². The number of aromatic nitrogens is 2. The van der Waals surface area contributed by atoms with Gasteiger partial charge >= 0.3 is 0 Å². The van der Waals surface area contributed by atoms with E-state index in [4.69, 9.17) is 0 Å². The van der Waals surface area contributed by atoms with E-state index in [0.29, 0.717) is 18.0 Å². The van der Waals surface area contributed by atoms with Gasteiger partial charge < -0.3 is 10.2 Å². The lowest BCUT2D eigenvalue weighted by Crippen LogP contribution is -2.55. The Bertz CT molecular complexity index is 442. The van der Waals surface area contributed by atoms with E-state index in [9.17, 15) is 4.79 Å². The number of nitrogens with one attached hydrogen (secondary N) is 2. The second-order valence-corrected chi connectivity index (χ2v) is 4.72. The molecule has 1 aliphatic rings. The molecule has 2 rings (SSSR count). The molecule has 1 aliphatic heterocycles. The molecule has 0 radical (unpaired) electrons. The van der Waals surface area contributed by atoms with Gasteiger partial charge in [-0.15, -0.1) is 0 Å². The number of hydrogen-bond donors (Lipinski definition) is 2. The van der Waals surface area contributed by atoms with Gasteiger partial charge in [0.2, 0.25) is 5.95 Å². The molecule has 2 atom stereocenters. The summed E-state index contributed by atoms with van der Waals surface area (Å²) in [5.74, 6) is 0.704. The molecule has 0 spiro atoms. The van der Waals surface area contributed by atoms with Gasteiger partial charge in [-0.1, -0.05) is 6.92 Å². The van der Waals surface area contributed by atoms with Crippen molar-refractivity contribution in [1.82, 2.24) is 15.3 Å². The maximum Gasteiger partial charge on any atom is 0.252 e. The van der Waals surface area contributed by atoms with Crippen LogP contribution in [0.25, 0.3) is 0 Å². The fourth-order valence-electron chi connectivity index (χ4n) is 2.13. The van der Waals surface area contributed by atoms with Crippen molar-refractivity contribution in [3.8, 4) is 0 Å². The van der Waals surface area contributed by atoms with Crippen LogP contribution in [-0.4, -0.2) is 35.1 Å². The zero-order valence-electron chi connectivity index (χ0n) is 10.7. The van der Waals surface area contributed by atoms with E-state index in [1.807, 2.05) is 6.92 Å². The molecule has 1 aromatic heterocycles. The number of nitrogens with zero attached hydrogens (tertiary/aromatic N) is 2. The van der Waals surface area contributed by atoms with Gasteiger partial charge in [0.05, 0.1) is 0 Å². The Balaban J connectivity index is 2.31. The monoisotopic (exact) mass is 236 g/mol. The topological polar surface area (TPSA) is 61.0 Å². The molecule has 2 unspecified atom stereocenters. The summed E-state index contributed by atoms with van der Waals surface area (Å²) in [4.78, 5) is 21.1. The molecule has 1 aromatic rings. The summed E-state index contributed by atoms with van der Waals surface area (Å²) in [6, 6.07) is 2.34. The van der Waals surface area contributed by atoms with Crippen LogP contribution in [0.5, 0.6) is 0 Å². The second-order valence-electron chi connectivity index (χ2n) is 4.72. The van der Waals surface area contributed by atoms with E-state index in [2.05, 4.69) is 34.0 Å². The average molecular weight is 236 g/mol. The zero-order valence-corrected chi connectivity index (χ0v) is 10.7. The Labute approximate surface area is 101 Å². The normalized spacial score (nSPS) is 25.0. The third-order valence-electron chi connectivity index (χ3n) is 3.18. The van der Waals surface area contributed by atoms with Gasteiger partial charge in [-0.05, 0) is 20.3 Å². The number of H-pyrrole nitrogens is 1. The largest absolute Gasteiger partial charge is 0.337 e. The van der Waals surface area contributed by atoms with Crippen molar-refractivity contribution in [2.45, 2.75) is 39.3 Å². The molecule has 5 nitrogen and oxygen atoms in total. The predicted molar refractivity (Wildman–Crippen MR) is 68.5 cm³/mol. The van der Waals surface area contributed by atoms with Crippen molar-refractivity contribution < 1.29 is 0 Å². The van der Waals surface area contributed by atoms with Crippen LogP contribution in [0.1, 0.15) is 26.5 Å². The second kappa shape index (κ2) is 4.87. The fourth-order valence-corrected chi connectivity index (χ4v) is 2.13. The molecule has 0 bridgehead atoms. The van der Waals surface area contributed by atoms with Crippen LogP contribution in [0.2, 0.25) is 0 Å².